The lowest BCUT2D eigenvalue weighted by Gasteiger charge is -2.24. The third-order valence-corrected chi connectivity index (χ3v) is 6.41. The zero-order valence-corrected chi connectivity index (χ0v) is 18.0. The monoisotopic (exact) mass is 430 g/mol. The summed E-state index contributed by atoms with van der Waals surface area (Å²) in [4.78, 5) is 27.3. The van der Waals surface area contributed by atoms with Gasteiger partial charge in [-0.2, -0.15) is 4.31 Å². The Bertz CT molecular complexity index is 1010. The molecule has 0 spiro atoms. The lowest BCUT2D eigenvalue weighted by atomic mass is 10.0. The molecule has 1 amide bonds. The average molecular weight is 431 g/mol. The van der Waals surface area contributed by atoms with Crippen molar-refractivity contribution in [3.63, 3.8) is 0 Å². The van der Waals surface area contributed by atoms with E-state index in [1.807, 2.05) is 0 Å². The molecule has 0 radical (unpaired) electrons. The minimum Gasteiger partial charge on any atom is -0.346 e. The number of nitrogens with two attached hydrogens (primary N) is 1. The highest BCUT2D eigenvalue weighted by molar-refractivity contribution is 7.89. The molecule has 10 heteroatoms. The van der Waals surface area contributed by atoms with E-state index < -0.39 is 27.0 Å². The molecule has 0 aliphatic rings. The molecule has 2 rings (SSSR count). The van der Waals surface area contributed by atoms with Crippen molar-refractivity contribution in [1.82, 2.24) is 14.6 Å². The van der Waals surface area contributed by atoms with Crippen LogP contribution in [0.4, 0.5) is 0 Å². The van der Waals surface area contributed by atoms with Crippen LogP contribution in [-0.2, 0) is 10.0 Å². The third-order valence-electron chi connectivity index (χ3n) is 4.36. The van der Waals surface area contributed by atoms with E-state index in [0.717, 1.165) is 6.07 Å². The van der Waals surface area contributed by atoms with Gasteiger partial charge < -0.3 is 16.0 Å². The second-order valence-corrected chi connectivity index (χ2v) is 8.82. The number of hydrogen-bond donors (Lipinski definition) is 3. The molecule has 8 nitrogen and oxygen atoms in total. The van der Waals surface area contributed by atoms with Crippen LogP contribution in [0.3, 0.4) is 0 Å². The molecule has 0 fully saturated rings. The van der Waals surface area contributed by atoms with Crippen LogP contribution in [0.2, 0.25) is 0 Å². The summed E-state index contributed by atoms with van der Waals surface area (Å²) in [6.07, 6.45) is 0. The second-order valence-electron chi connectivity index (χ2n) is 6.89. The summed E-state index contributed by atoms with van der Waals surface area (Å²) < 4.78 is 26.9. The zero-order chi connectivity index (χ0) is 20.4. The Kier molecular flexibility index (Phi) is 7.78. The van der Waals surface area contributed by atoms with Crippen molar-refractivity contribution >= 4 is 39.2 Å². The van der Waals surface area contributed by atoms with Crippen molar-refractivity contribution in [2.75, 3.05) is 19.6 Å². The van der Waals surface area contributed by atoms with Gasteiger partial charge >= 0.3 is 0 Å². The van der Waals surface area contributed by atoms with E-state index in [4.69, 9.17) is 5.73 Å². The minimum absolute atomic E-state index is 0. The molecule has 0 saturated heterocycles. The molecule has 4 N–H and O–H groups in total. The van der Waals surface area contributed by atoms with Crippen molar-refractivity contribution in [3.8, 4) is 0 Å². The van der Waals surface area contributed by atoms with Crippen molar-refractivity contribution < 1.29 is 13.2 Å². The van der Waals surface area contributed by atoms with Crippen molar-refractivity contribution in [1.29, 1.82) is 0 Å². The number of carbonyl (C=O) groups is 1. The van der Waals surface area contributed by atoms with E-state index in [9.17, 15) is 18.0 Å². The number of fused-ring (bicyclic) bond motifs is 1. The number of H-pyrrole nitrogens is 1. The molecule has 156 valence electrons. The fourth-order valence-electron chi connectivity index (χ4n) is 2.72. The van der Waals surface area contributed by atoms with Gasteiger partial charge in [0.15, 0.2) is 0 Å². The van der Waals surface area contributed by atoms with Crippen molar-refractivity contribution in [2.24, 2.45) is 5.73 Å². The Morgan fingerprint density at radius 3 is 2.36 bits per heavy atom. The molecule has 0 unspecified atom stereocenters. The number of amides is 1. The molecule has 0 aliphatic carbocycles. The maximum Gasteiger partial charge on any atom is 0.252 e. The van der Waals surface area contributed by atoms with E-state index in [1.54, 1.807) is 27.7 Å². The van der Waals surface area contributed by atoms with Crippen LogP contribution in [0, 0.1) is 0 Å². The van der Waals surface area contributed by atoms with Crippen LogP contribution < -0.4 is 16.6 Å². The van der Waals surface area contributed by atoms with Crippen LogP contribution in [0.1, 0.15) is 38.1 Å². The summed E-state index contributed by atoms with van der Waals surface area (Å²) in [7, 11) is -3.70. The van der Waals surface area contributed by atoms with Crippen molar-refractivity contribution in [3.05, 3.63) is 40.2 Å². The quantitative estimate of drug-likeness (QED) is 0.612. The SMILES string of the molecule is CCN(CC)S(=O)(=O)c1ccc2[nH]c(=O)cc(C(=O)NC(C)(C)CN)c2c1.Cl. The van der Waals surface area contributed by atoms with Gasteiger partial charge in [-0.25, -0.2) is 8.42 Å². The van der Waals surface area contributed by atoms with Gasteiger partial charge in [0, 0.05) is 42.1 Å². The van der Waals surface area contributed by atoms with Crippen LogP contribution in [0.25, 0.3) is 10.9 Å². The number of nitrogens with one attached hydrogen (secondary N) is 2. The molecule has 28 heavy (non-hydrogen) atoms. The largest absolute Gasteiger partial charge is 0.346 e. The number of benzene rings is 1. The molecular weight excluding hydrogens is 404 g/mol. The third kappa shape index (κ3) is 4.91. The Hall–Kier alpha value is -1.94. The maximum atomic E-state index is 12.8. The second kappa shape index (κ2) is 9.04. The Morgan fingerprint density at radius 1 is 1.21 bits per heavy atom. The fraction of sp³-hybridized carbons (Fsp3) is 0.444. The molecule has 1 aromatic carbocycles. The number of aromatic amines is 1. The van der Waals surface area contributed by atoms with Crippen LogP contribution >= 0.6 is 12.4 Å². The number of rotatable bonds is 7. The normalized spacial score (nSPS) is 12.1. The summed E-state index contributed by atoms with van der Waals surface area (Å²) in [6, 6.07) is 5.51. The van der Waals surface area contributed by atoms with E-state index in [0.29, 0.717) is 24.0 Å². The summed E-state index contributed by atoms with van der Waals surface area (Å²) in [5.74, 6) is -0.487. The summed E-state index contributed by atoms with van der Waals surface area (Å²) in [5.41, 5.74) is 5.03. The van der Waals surface area contributed by atoms with E-state index >= 15 is 0 Å². The highest BCUT2D eigenvalue weighted by Crippen LogP contribution is 2.23. The topological polar surface area (TPSA) is 125 Å². The number of hydrogen-bond acceptors (Lipinski definition) is 5. The first kappa shape index (κ1) is 24.1. The first-order valence-corrected chi connectivity index (χ1v) is 10.2. The standard InChI is InChI=1S/C18H26N4O4S.ClH/c1-5-22(6-2)27(25,26)12-7-8-15-13(9-12)14(10-16(23)20-15)17(24)21-18(3,4)11-19;/h7-10H,5-6,11,19H2,1-4H3,(H,20,23)(H,21,24);1H. The molecule has 2 aromatic rings. The first-order valence-electron chi connectivity index (χ1n) is 8.75. The average Bonchev–Trinajstić information content (AvgIpc) is 2.60. The number of halogens is 1. The van der Waals surface area contributed by atoms with Gasteiger partial charge in [0.05, 0.1) is 10.5 Å². The molecule has 0 saturated carbocycles. The number of carbonyl (C=O) groups excluding carboxylic acids is 1. The molecule has 1 aromatic heterocycles. The fourth-order valence-corrected chi connectivity index (χ4v) is 4.20. The number of nitrogens with zero attached hydrogens (tertiary/aromatic N) is 1. The Labute approximate surface area is 171 Å². The van der Waals surface area contributed by atoms with Crippen LogP contribution in [-0.4, -0.2) is 48.8 Å². The number of aromatic nitrogens is 1. The Morgan fingerprint density at radius 2 is 1.82 bits per heavy atom. The van der Waals surface area contributed by atoms with Gasteiger partial charge in [0.2, 0.25) is 15.6 Å². The Balaban J connectivity index is 0.00000392. The predicted octanol–water partition coefficient (Wildman–Crippen LogP) is 1.45. The molecule has 1 heterocycles. The summed E-state index contributed by atoms with van der Waals surface area (Å²) >= 11 is 0. The van der Waals surface area contributed by atoms with Gasteiger partial charge in [0.25, 0.3) is 5.91 Å². The van der Waals surface area contributed by atoms with Crippen molar-refractivity contribution in [2.45, 2.75) is 38.1 Å². The van der Waals surface area contributed by atoms with E-state index in [-0.39, 0.29) is 29.4 Å². The predicted molar refractivity (Wildman–Crippen MR) is 113 cm³/mol. The van der Waals surface area contributed by atoms with Gasteiger partial charge in [-0.3, -0.25) is 9.59 Å². The minimum atomic E-state index is -3.70. The smallest absolute Gasteiger partial charge is 0.252 e. The van der Waals surface area contributed by atoms with E-state index in [1.165, 1.54) is 22.5 Å². The molecular formula is C18H27ClN4O4S. The first-order chi connectivity index (χ1) is 12.6. The van der Waals surface area contributed by atoms with Gasteiger partial charge in [-0.15, -0.1) is 12.4 Å². The van der Waals surface area contributed by atoms with Crippen LogP contribution in [0.5, 0.6) is 0 Å². The maximum absolute atomic E-state index is 12.8. The van der Waals surface area contributed by atoms with Crippen LogP contribution in [0.15, 0.2) is 34.0 Å². The lowest BCUT2D eigenvalue weighted by molar-refractivity contribution is 0.0917. The molecule has 0 aliphatic heterocycles. The highest BCUT2D eigenvalue weighted by Gasteiger charge is 2.24. The highest BCUT2D eigenvalue weighted by atomic mass is 35.5. The lowest BCUT2D eigenvalue weighted by Crippen LogP contribution is -2.49. The summed E-state index contributed by atoms with van der Waals surface area (Å²) in [5, 5.41) is 3.12. The molecule has 0 atom stereocenters. The zero-order valence-electron chi connectivity index (χ0n) is 16.4. The van der Waals surface area contributed by atoms with E-state index in [2.05, 4.69) is 10.3 Å². The van der Waals surface area contributed by atoms with Gasteiger partial charge in [-0.05, 0) is 32.0 Å². The van der Waals surface area contributed by atoms with Gasteiger partial charge in [0.1, 0.15) is 0 Å². The number of pyridine rings is 1. The van der Waals surface area contributed by atoms with Gasteiger partial charge in [-0.1, -0.05) is 13.8 Å². The summed E-state index contributed by atoms with van der Waals surface area (Å²) in [6.45, 7) is 7.91. The number of sulfonamides is 1. The molecule has 0 bridgehead atoms.